The number of amides is 1. The number of thioether (sulfide) groups is 1. The maximum absolute atomic E-state index is 12.5. The van der Waals surface area contributed by atoms with Crippen LogP contribution in [0.3, 0.4) is 0 Å². The molecule has 1 atom stereocenters. The highest BCUT2D eigenvalue weighted by atomic mass is 35.5. The summed E-state index contributed by atoms with van der Waals surface area (Å²) < 4.78 is 0. The van der Waals surface area contributed by atoms with Crippen molar-refractivity contribution in [2.45, 2.75) is 30.5 Å². The van der Waals surface area contributed by atoms with Gasteiger partial charge in [0.15, 0.2) is 0 Å². The molecule has 2 rings (SSSR count). The Morgan fingerprint density at radius 1 is 1.18 bits per heavy atom. The Labute approximate surface area is 141 Å². The van der Waals surface area contributed by atoms with Gasteiger partial charge >= 0.3 is 0 Å². The highest BCUT2D eigenvalue weighted by molar-refractivity contribution is 8.00. The molecule has 0 spiro atoms. The molecule has 0 heterocycles. The third-order valence-corrected chi connectivity index (χ3v) is 5.14. The number of carbonyl (C=O) groups is 1. The van der Waals surface area contributed by atoms with Crippen LogP contribution in [0.2, 0.25) is 5.02 Å². The molecule has 1 unspecified atom stereocenters. The Morgan fingerprint density at radius 3 is 2.50 bits per heavy atom. The van der Waals surface area contributed by atoms with E-state index in [-0.39, 0.29) is 11.2 Å². The van der Waals surface area contributed by atoms with E-state index < -0.39 is 0 Å². The van der Waals surface area contributed by atoms with E-state index in [1.807, 2.05) is 50.4 Å². The summed E-state index contributed by atoms with van der Waals surface area (Å²) in [5.74, 6) is 0.105. The minimum atomic E-state index is -0.172. The summed E-state index contributed by atoms with van der Waals surface area (Å²) in [6, 6.07) is 15.8. The summed E-state index contributed by atoms with van der Waals surface area (Å²) in [6.45, 7) is 4.61. The van der Waals surface area contributed by atoms with Crippen LogP contribution in [0.15, 0.2) is 53.4 Å². The molecule has 1 amide bonds. The lowest BCUT2D eigenvalue weighted by Crippen LogP contribution is -2.33. The van der Waals surface area contributed by atoms with Gasteiger partial charge in [0.2, 0.25) is 5.91 Å². The van der Waals surface area contributed by atoms with E-state index in [4.69, 9.17) is 11.6 Å². The maximum atomic E-state index is 12.5. The minimum absolute atomic E-state index is 0.105. The molecule has 2 nitrogen and oxygen atoms in total. The average molecular weight is 334 g/mol. The molecule has 0 aliphatic carbocycles. The van der Waals surface area contributed by atoms with E-state index >= 15 is 0 Å². The van der Waals surface area contributed by atoms with Crippen molar-refractivity contribution in [2.24, 2.45) is 0 Å². The molecule has 0 saturated heterocycles. The molecule has 0 aliphatic heterocycles. The van der Waals surface area contributed by atoms with Gasteiger partial charge in [-0.3, -0.25) is 4.79 Å². The Kier molecular flexibility index (Phi) is 5.92. The third-order valence-electron chi connectivity index (χ3n) is 3.53. The largest absolute Gasteiger partial charge is 0.340 e. The van der Waals surface area contributed by atoms with Crippen LogP contribution in [0.4, 0.5) is 0 Å². The van der Waals surface area contributed by atoms with Gasteiger partial charge in [0.05, 0.1) is 10.3 Å². The van der Waals surface area contributed by atoms with Crippen molar-refractivity contribution in [3.05, 3.63) is 64.7 Å². The lowest BCUT2D eigenvalue weighted by Gasteiger charge is -2.22. The van der Waals surface area contributed by atoms with Crippen molar-refractivity contribution in [1.29, 1.82) is 0 Å². The maximum Gasteiger partial charge on any atom is 0.235 e. The molecule has 4 heteroatoms. The highest BCUT2D eigenvalue weighted by Crippen LogP contribution is 2.30. The van der Waals surface area contributed by atoms with Gasteiger partial charge < -0.3 is 4.90 Å². The molecule has 0 aliphatic rings. The first-order valence-electron chi connectivity index (χ1n) is 7.19. The van der Waals surface area contributed by atoms with Crippen LogP contribution in [-0.4, -0.2) is 23.1 Å². The fraction of sp³-hybridized carbons (Fsp3) is 0.278. The zero-order valence-corrected chi connectivity index (χ0v) is 14.6. The normalized spacial score (nSPS) is 12.0. The van der Waals surface area contributed by atoms with Gasteiger partial charge in [-0.15, -0.1) is 11.8 Å². The first-order valence-corrected chi connectivity index (χ1v) is 8.45. The predicted molar refractivity (Wildman–Crippen MR) is 94.4 cm³/mol. The van der Waals surface area contributed by atoms with Crippen molar-refractivity contribution in [3.8, 4) is 0 Å². The summed E-state index contributed by atoms with van der Waals surface area (Å²) >= 11 is 7.66. The molecule has 2 aromatic rings. The molecule has 2 aromatic carbocycles. The van der Waals surface area contributed by atoms with Crippen LogP contribution in [0.5, 0.6) is 0 Å². The van der Waals surface area contributed by atoms with Gasteiger partial charge in [0.25, 0.3) is 0 Å². The molecule has 22 heavy (non-hydrogen) atoms. The number of carbonyl (C=O) groups excluding carboxylic acids is 1. The van der Waals surface area contributed by atoms with Crippen molar-refractivity contribution >= 4 is 29.3 Å². The molecule has 0 fully saturated rings. The second-order valence-corrected chi connectivity index (χ2v) is 7.10. The Morgan fingerprint density at radius 2 is 1.82 bits per heavy atom. The number of benzene rings is 2. The predicted octanol–water partition coefficient (Wildman–Crippen LogP) is 4.79. The van der Waals surface area contributed by atoms with E-state index in [1.165, 1.54) is 22.9 Å². The fourth-order valence-electron chi connectivity index (χ4n) is 2.21. The second kappa shape index (κ2) is 7.70. The Bertz CT molecular complexity index is 604. The van der Waals surface area contributed by atoms with Gasteiger partial charge in [0, 0.05) is 18.5 Å². The van der Waals surface area contributed by atoms with E-state index in [9.17, 15) is 4.79 Å². The fourth-order valence-corrected chi connectivity index (χ4v) is 3.48. The quantitative estimate of drug-likeness (QED) is 0.733. The molecular weight excluding hydrogens is 314 g/mol. The van der Waals surface area contributed by atoms with E-state index in [1.54, 1.807) is 4.90 Å². The highest BCUT2D eigenvalue weighted by Gasteiger charge is 2.20. The molecule has 0 saturated carbocycles. The lowest BCUT2D eigenvalue weighted by molar-refractivity contribution is -0.129. The van der Waals surface area contributed by atoms with Gasteiger partial charge in [-0.1, -0.05) is 48.0 Å². The number of halogens is 1. The van der Waals surface area contributed by atoms with Crippen molar-refractivity contribution in [1.82, 2.24) is 4.90 Å². The van der Waals surface area contributed by atoms with Gasteiger partial charge in [-0.2, -0.15) is 0 Å². The van der Waals surface area contributed by atoms with Crippen LogP contribution in [0.1, 0.15) is 18.1 Å². The van der Waals surface area contributed by atoms with Gasteiger partial charge in [-0.25, -0.2) is 0 Å². The number of hydrogen-bond acceptors (Lipinski definition) is 2. The van der Waals surface area contributed by atoms with Crippen molar-refractivity contribution in [2.75, 3.05) is 7.05 Å². The Balaban J connectivity index is 2.01. The van der Waals surface area contributed by atoms with Crippen molar-refractivity contribution in [3.63, 3.8) is 0 Å². The summed E-state index contributed by atoms with van der Waals surface area (Å²) in [4.78, 5) is 15.3. The van der Waals surface area contributed by atoms with E-state index in [0.717, 1.165) is 4.90 Å². The SMILES string of the molecule is Cc1ccccc1CN(C)C(=O)C(C)Sc1ccccc1Cl. The van der Waals surface area contributed by atoms with Crippen LogP contribution in [0, 0.1) is 6.92 Å². The van der Waals surface area contributed by atoms with E-state index in [2.05, 4.69) is 19.1 Å². The topological polar surface area (TPSA) is 20.3 Å². The molecule has 0 aromatic heterocycles. The monoisotopic (exact) mass is 333 g/mol. The first kappa shape index (κ1) is 16.9. The molecule has 116 valence electrons. The summed E-state index contributed by atoms with van der Waals surface area (Å²) in [7, 11) is 1.85. The average Bonchev–Trinajstić information content (AvgIpc) is 2.51. The molecule has 0 bridgehead atoms. The van der Waals surface area contributed by atoms with Gasteiger partial charge in [-0.05, 0) is 37.1 Å². The number of rotatable bonds is 5. The van der Waals surface area contributed by atoms with Crippen molar-refractivity contribution < 1.29 is 4.79 Å². The molecule has 0 N–H and O–H groups in total. The zero-order chi connectivity index (χ0) is 16.1. The van der Waals surface area contributed by atoms with Crippen LogP contribution >= 0.6 is 23.4 Å². The van der Waals surface area contributed by atoms with Crippen LogP contribution in [-0.2, 0) is 11.3 Å². The standard InChI is InChI=1S/C18H20ClNOS/c1-13-8-4-5-9-15(13)12-20(3)18(21)14(2)22-17-11-7-6-10-16(17)19/h4-11,14H,12H2,1-3H3. The van der Waals surface area contributed by atoms with Crippen LogP contribution in [0.25, 0.3) is 0 Å². The van der Waals surface area contributed by atoms with Gasteiger partial charge in [0.1, 0.15) is 0 Å². The number of aryl methyl sites for hydroxylation is 1. The smallest absolute Gasteiger partial charge is 0.235 e. The number of nitrogens with zero attached hydrogens (tertiary/aromatic N) is 1. The van der Waals surface area contributed by atoms with E-state index in [0.29, 0.717) is 11.6 Å². The lowest BCUT2D eigenvalue weighted by atomic mass is 10.1. The first-order chi connectivity index (χ1) is 10.5. The second-order valence-electron chi connectivity index (χ2n) is 5.31. The molecule has 0 radical (unpaired) electrons. The summed E-state index contributed by atoms with van der Waals surface area (Å²) in [6.07, 6.45) is 0. The summed E-state index contributed by atoms with van der Waals surface area (Å²) in [5, 5.41) is 0.516. The zero-order valence-electron chi connectivity index (χ0n) is 13.0. The Hall–Kier alpha value is -1.45. The number of hydrogen-bond donors (Lipinski definition) is 0. The minimum Gasteiger partial charge on any atom is -0.340 e. The summed E-state index contributed by atoms with van der Waals surface area (Å²) in [5.41, 5.74) is 2.38. The molecular formula is C18H20ClNOS. The third kappa shape index (κ3) is 4.28. The van der Waals surface area contributed by atoms with Crippen LogP contribution < -0.4 is 0 Å².